The summed E-state index contributed by atoms with van der Waals surface area (Å²) in [6.45, 7) is 15.0. The third-order valence-electron chi connectivity index (χ3n) is 4.82. The summed E-state index contributed by atoms with van der Waals surface area (Å²) in [6, 6.07) is 5.25. The number of piperazine rings is 1. The summed E-state index contributed by atoms with van der Waals surface area (Å²) in [4.78, 5) is 28.7. The van der Waals surface area contributed by atoms with Crippen LogP contribution in [-0.2, 0) is 4.79 Å². The predicted octanol–water partition coefficient (Wildman–Crippen LogP) is 2.17. The van der Waals surface area contributed by atoms with Gasteiger partial charge in [0, 0.05) is 43.6 Å². The zero-order valence-corrected chi connectivity index (χ0v) is 17.1. The molecule has 0 radical (unpaired) electrons. The minimum atomic E-state index is -0.513. The lowest BCUT2D eigenvalue weighted by Crippen LogP contribution is -2.47. The van der Waals surface area contributed by atoms with Crippen molar-refractivity contribution in [3.63, 3.8) is 0 Å². The molecule has 1 unspecified atom stereocenters. The number of hydrogen-bond acceptors (Lipinski definition) is 5. The Morgan fingerprint density at radius 3 is 2.33 bits per heavy atom. The van der Waals surface area contributed by atoms with Crippen molar-refractivity contribution in [1.29, 1.82) is 0 Å². The molecule has 0 aliphatic carbocycles. The van der Waals surface area contributed by atoms with E-state index < -0.39 is 12.1 Å². The number of nitrogens with one attached hydrogen (secondary N) is 3. The van der Waals surface area contributed by atoms with Gasteiger partial charge in [-0.25, -0.2) is 4.79 Å². The van der Waals surface area contributed by atoms with E-state index in [0.29, 0.717) is 0 Å². The average Bonchev–Trinajstić information content (AvgIpc) is 2.62. The molecule has 1 fully saturated rings. The third-order valence-corrected chi connectivity index (χ3v) is 4.82. The predicted molar refractivity (Wildman–Crippen MR) is 110 cm³/mol. The Hall–Kier alpha value is -2.28. The maximum atomic E-state index is 12.2. The normalized spacial score (nSPS) is 16.1. The molecule has 3 amide bonds. The molecular weight excluding hydrogens is 342 g/mol. The molecule has 1 aromatic carbocycles. The monoisotopic (exact) mass is 375 g/mol. The van der Waals surface area contributed by atoms with Crippen LogP contribution in [0.3, 0.4) is 0 Å². The van der Waals surface area contributed by atoms with Gasteiger partial charge in [0.1, 0.15) is 6.04 Å². The van der Waals surface area contributed by atoms with E-state index in [1.165, 1.54) is 5.69 Å². The Balaban J connectivity index is 1.93. The smallest absolute Gasteiger partial charge is 0.321 e. The SMILES string of the molecule is CCN1CCN(c2ccc(NC(C)C(=O)NC(=O)NC(C)C)c(C)c2)CC1. The maximum Gasteiger partial charge on any atom is 0.321 e. The second kappa shape index (κ2) is 9.60. The average molecular weight is 376 g/mol. The molecule has 1 aliphatic heterocycles. The molecule has 0 spiro atoms. The van der Waals surface area contributed by atoms with Gasteiger partial charge >= 0.3 is 6.03 Å². The van der Waals surface area contributed by atoms with Gasteiger partial charge in [-0.3, -0.25) is 10.1 Å². The number of amides is 3. The summed E-state index contributed by atoms with van der Waals surface area (Å²) in [6.07, 6.45) is 0. The van der Waals surface area contributed by atoms with Gasteiger partial charge in [0.25, 0.3) is 0 Å². The number of urea groups is 1. The fourth-order valence-corrected chi connectivity index (χ4v) is 3.15. The van der Waals surface area contributed by atoms with Gasteiger partial charge in [-0.2, -0.15) is 0 Å². The van der Waals surface area contributed by atoms with Crippen molar-refractivity contribution < 1.29 is 9.59 Å². The number of carbonyl (C=O) groups is 2. The van der Waals surface area contributed by atoms with Crippen LogP contribution in [-0.4, -0.2) is 61.6 Å². The lowest BCUT2D eigenvalue weighted by atomic mass is 10.1. The number of aryl methyl sites for hydroxylation is 1. The van der Waals surface area contributed by atoms with Crippen molar-refractivity contribution in [1.82, 2.24) is 15.5 Å². The molecule has 1 aromatic rings. The van der Waals surface area contributed by atoms with Crippen LogP contribution in [0.5, 0.6) is 0 Å². The molecule has 2 rings (SSSR count). The summed E-state index contributed by atoms with van der Waals surface area (Å²) >= 11 is 0. The van der Waals surface area contributed by atoms with Crippen LogP contribution in [0.1, 0.15) is 33.3 Å². The maximum absolute atomic E-state index is 12.2. The van der Waals surface area contributed by atoms with Crippen LogP contribution < -0.4 is 20.9 Å². The highest BCUT2D eigenvalue weighted by molar-refractivity contribution is 5.98. The molecule has 27 heavy (non-hydrogen) atoms. The fraction of sp³-hybridized carbons (Fsp3) is 0.600. The van der Waals surface area contributed by atoms with E-state index in [-0.39, 0.29) is 11.9 Å². The summed E-state index contributed by atoms with van der Waals surface area (Å²) < 4.78 is 0. The van der Waals surface area contributed by atoms with Crippen molar-refractivity contribution in [3.8, 4) is 0 Å². The first-order chi connectivity index (χ1) is 12.8. The Kier molecular flexibility index (Phi) is 7.47. The molecule has 0 saturated carbocycles. The van der Waals surface area contributed by atoms with Gasteiger partial charge in [0.15, 0.2) is 0 Å². The van der Waals surface area contributed by atoms with Crippen molar-refractivity contribution >= 4 is 23.3 Å². The second-order valence-electron chi connectivity index (χ2n) is 7.40. The number of nitrogens with zero attached hydrogens (tertiary/aromatic N) is 2. The number of carbonyl (C=O) groups excluding carboxylic acids is 2. The van der Waals surface area contributed by atoms with Crippen molar-refractivity contribution in [2.75, 3.05) is 42.9 Å². The van der Waals surface area contributed by atoms with Crippen molar-refractivity contribution in [3.05, 3.63) is 23.8 Å². The van der Waals surface area contributed by atoms with Crippen molar-refractivity contribution in [2.45, 2.75) is 46.7 Å². The first-order valence-electron chi connectivity index (χ1n) is 9.76. The van der Waals surface area contributed by atoms with Gasteiger partial charge in [-0.05, 0) is 58.0 Å². The number of hydrogen-bond donors (Lipinski definition) is 3. The number of anilines is 2. The Morgan fingerprint density at radius 1 is 1.11 bits per heavy atom. The molecule has 1 heterocycles. The van der Waals surface area contributed by atoms with Crippen LogP contribution >= 0.6 is 0 Å². The molecule has 0 aromatic heterocycles. The minimum absolute atomic E-state index is 0.0185. The molecule has 7 nitrogen and oxygen atoms in total. The second-order valence-corrected chi connectivity index (χ2v) is 7.40. The molecule has 1 aliphatic rings. The number of rotatable bonds is 6. The standard InChI is InChI=1S/C20H33N5O2/c1-6-24-9-11-25(12-10-24)17-7-8-18(15(4)13-17)22-16(5)19(26)23-20(27)21-14(2)3/h7-8,13-14,16,22H,6,9-12H2,1-5H3,(H2,21,23,26,27). The zero-order valence-electron chi connectivity index (χ0n) is 17.1. The van der Waals surface area contributed by atoms with Crippen molar-refractivity contribution in [2.24, 2.45) is 0 Å². The molecular formula is C20H33N5O2. The first-order valence-corrected chi connectivity index (χ1v) is 9.76. The summed E-state index contributed by atoms with van der Waals surface area (Å²) in [5, 5.41) is 8.20. The lowest BCUT2D eigenvalue weighted by molar-refractivity contribution is -0.120. The third kappa shape index (κ3) is 6.13. The highest BCUT2D eigenvalue weighted by atomic mass is 16.2. The highest BCUT2D eigenvalue weighted by Crippen LogP contribution is 2.24. The molecule has 7 heteroatoms. The highest BCUT2D eigenvalue weighted by Gasteiger charge is 2.19. The van der Waals surface area contributed by atoms with Gasteiger partial charge in [0.2, 0.25) is 5.91 Å². The lowest BCUT2D eigenvalue weighted by Gasteiger charge is -2.35. The van der Waals surface area contributed by atoms with E-state index >= 15 is 0 Å². The quantitative estimate of drug-likeness (QED) is 0.710. The van der Waals surface area contributed by atoms with Gasteiger partial charge in [0.05, 0.1) is 0 Å². The molecule has 150 valence electrons. The molecule has 0 bridgehead atoms. The van der Waals surface area contributed by atoms with E-state index in [4.69, 9.17) is 0 Å². The van der Waals surface area contributed by atoms with Gasteiger partial charge < -0.3 is 20.4 Å². The van der Waals surface area contributed by atoms with Crippen LogP contribution in [0.4, 0.5) is 16.2 Å². The fourth-order valence-electron chi connectivity index (χ4n) is 3.15. The Bertz CT molecular complexity index is 654. The van der Waals surface area contributed by atoms with Crippen LogP contribution in [0, 0.1) is 6.92 Å². The van der Waals surface area contributed by atoms with Crippen LogP contribution in [0.15, 0.2) is 18.2 Å². The van der Waals surface area contributed by atoms with Gasteiger partial charge in [-0.1, -0.05) is 6.92 Å². The van der Waals surface area contributed by atoms with E-state index in [0.717, 1.165) is 44.0 Å². The first kappa shape index (κ1) is 21.0. The topological polar surface area (TPSA) is 76.7 Å². The summed E-state index contributed by atoms with van der Waals surface area (Å²) in [7, 11) is 0. The number of likely N-dealkylation sites (N-methyl/N-ethyl adjacent to an activating group) is 1. The molecule has 1 saturated heterocycles. The Labute approximate surface area is 162 Å². The number of imide groups is 1. The summed E-state index contributed by atoms with van der Waals surface area (Å²) in [5.74, 6) is -0.354. The van der Waals surface area contributed by atoms with E-state index in [1.807, 2.05) is 26.8 Å². The minimum Gasteiger partial charge on any atom is -0.374 e. The largest absolute Gasteiger partial charge is 0.374 e. The zero-order chi connectivity index (χ0) is 20.0. The van der Waals surface area contributed by atoms with E-state index in [2.05, 4.69) is 44.8 Å². The molecule has 3 N–H and O–H groups in total. The number of benzene rings is 1. The molecule has 1 atom stereocenters. The van der Waals surface area contributed by atoms with E-state index in [9.17, 15) is 9.59 Å². The Morgan fingerprint density at radius 2 is 1.78 bits per heavy atom. The van der Waals surface area contributed by atoms with Crippen LogP contribution in [0.2, 0.25) is 0 Å². The summed E-state index contributed by atoms with van der Waals surface area (Å²) in [5.41, 5.74) is 3.19. The van der Waals surface area contributed by atoms with Crippen LogP contribution in [0.25, 0.3) is 0 Å². The van der Waals surface area contributed by atoms with Gasteiger partial charge in [-0.15, -0.1) is 0 Å². The van der Waals surface area contributed by atoms with E-state index in [1.54, 1.807) is 6.92 Å².